The molecular weight excluding hydrogens is 313 g/mol. The van der Waals surface area contributed by atoms with E-state index in [9.17, 15) is 23.3 Å². The van der Waals surface area contributed by atoms with Crippen molar-refractivity contribution in [2.24, 2.45) is 0 Å². The molecule has 0 aliphatic carbocycles. The maximum Gasteiger partial charge on any atom is 0.416 e. The molecule has 0 spiro atoms. The third kappa shape index (κ3) is 3.97. The van der Waals surface area contributed by atoms with Crippen molar-refractivity contribution in [2.45, 2.75) is 12.6 Å². The Morgan fingerprint density at radius 3 is 2.35 bits per heavy atom. The molecule has 0 fully saturated rings. The van der Waals surface area contributed by atoms with Gasteiger partial charge in [-0.05, 0) is 29.8 Å². The van der Waals surface area contributed by atoms with E-state index in [2.05, 4.69) is 0 Å². The summed E-state index contributed by atoms with van der Waals surface area (Å²) in [4.78, 5) is 10.0. The van der Waals surface area contributed by atoms with Crippen molar-refractivity contribution in [3.05, 3.63) is 63.7 Å². The highest BCUT2D eigenvalue weighted by atomic mass is 19.4. The number of alkyl halides is 3. The largest absolute Gasteiger partial charge is 0.450 e. The lowest BCUT2D eigenvalue weighted by Gasteiger charge is -2.10. The second-order valence-corrected chi connectivity index (χ2v) is 4.52. The summed E-state index contributed by atoms with van der Waals surface area (Å²) in [5, 5.41) is 19.5. The summed E-state index contributed by atoms with van der Waals surface area (Å²) in [6.07, 6.45) is -4.48. The Labute approximate surface area is 128 Å². The zero-order chi connectivity index (χ0) is 17.0. The summed E-state index contributed by atoms with van der Waals surface area (Å²) in [6, 6.07) is 10.2. The van der Waals surface area contributed by atoms with Crippen molar-refractivity contribution in [2.75, 3.05) is 0 Å². The molecule has 2 rings (SSSR count). The van der Waals surface area contributed by atoms with Crippen molar-refractivity contribution < 1.29 is 22.8 Å². The van der Waals surface area contributed by atoms with Gasteiger partial charge in [-0.2, -0.15) is 18.4 Å². The monoisotopic (exact) mass is 322 g/mol. The zero-order valence-electron chi connectivity index (χ0n) is 11.5. The van der Waals surface area contributed by atoms with Crippen LogP contribution < -0.4 is 4.74 Å². The van der Waals surface area contributed by atoms with Crippen LogP contribution in [0.3, 0.4) is 0 Å². The molecule has 5 nitrogen and oxygen atoms in total. The number of benzene rings is 2. The van der Waals surface area contributed by atoms with Gasteiger partial charge >= 0.3 is 11.9 Å². The number of nitrogens with zero attached hydrogens (tertiary/aromatic N) is 2. The van der Waals surface area contributed by atoms with Gasteiger partial charge in [0, 0.05) is 6.07 Å². The standard InChI is InChI=1S/C15H9F3N2O3/c16-15(17,18)11-3-6-14(13(9-11)20(21)22)23-12-4-1-10(2-5-12)7-8-19/h1-6,9H,7H2. The molecule has 0 aromatic heterocycles. The Morgan fingerprint density at radius 2 is 1.83 bits per heavy atom. The molecule has 0 N–H and O–H groups in total. The average Bonchev–Trinajstić information content (AvgIpc) is 2.48. The van der Waals surface area contributed by atoms with Gasteiger partial charge in [0.1, 0.15) is 5.75 Å². The Bertz CT molecular complexity index is 765. The number of rotatable bonds is 4. The molecule has 0 bridgehead atoms. The van der Waals surface area contributed by atoms with E-state index in [1.807, 2.05) is 6.07 Å². The van der Waals surface area contributed by atoms with Crippen molar-refractivity contribution in [1.29, 1.82) is 5.26 Å². The summed E-state index contributed by atoms with van der Waals surface area (Å²) in [7, 11) is 0. The Kier molecular flexibility index (Phi) is 4.50. The molecule has 2 aromatic carbocycles. The van der Waals surface area contributed by atoms with Gasteiger partial charge in [-0.1, -0.05) is 12.1 Å². The Hall–Kier alpha value is -3.08. The first-order chi connectivity index (χ1) is 10.8. The number of hydrogen-bond acceptors (Lipinski definition) is 4. The molecular formula is C15H9F3N2O3. The number of ether oxygens (including phenoxy) is 1. The topological polar surface area (TPSA) is 76.2 Å². The van der Waals surface area contributed by atoms with Gasteiger partial charge in [-0.15, -0.1) is 0 Å². The van der Waals surface area contributed by atoms with Crippen molar-refractivity contribution in [3.63, 3.8) is 0 Å². The van der Waals surface area contributed by atoms with E-state index in [4.69, 9.17) is 10.00 Å². The molecule has 0 aliphatic rings. The summed E-state index contributed by atoms with van der Waals surface area (Å²) in [5.41, 5.74) is -1.18. The van der Waals surface area contributed by atoms with E-state index in [0.29, 0.717) is 12.1 Å². The molecule has 0 unspecified atom stereocenters. The normalized spacial score (nSPS) is 10.9. The van der Waals surface area contributed by atoms with Crippen LogP contribution in [0.15, 0.2) is 42.5 Å². The molecule has 0 aliphatic heterocycles. The summed E-state index contributed by atoms with van der Waals surface area (Å²) in [5.74, 6) is -0.0782. The van der Waals surface area contributed by atoms with Crippen LogP contribution in [0.1, 0.15) is 11.1 Å². The number of hydrogen-bond donors (Lipinski definition) is 0. The highest BCUT2D eigenvalue weighted by Crippen LogP contribution is 2.37. The van der Waals surface area contributed by atoms with Gasteiger partial charge in [0.15, 0.2) is 0 Å². The lowest BCUT2D eigenvalue weighted by Crippen LogP contribution is -2.06. The predicted octanol–water partition coefficient (Wildman–Crippen LogP) is 4.47. The average molecular weight is 322 g/mol. The highest BCUT2D eigenvalue weighted by Gasteiger charge is 2.33. The van der Waals surface area contributed by atoms with E-state index in [0.717, 1.165) is 11.6 Å². The molecule has 2 aromatic rings. The van der Waals surface area contributed by atoms with Crippen LogP contribution in [0.5, 0.6) is 11.5 Å². The van der Waals surface area contributed by atoms with E-state index in [1.165, 1.54) is 12.1 Å². The van der Waals surface area contributed by atoms with Crippen LogP contribution in [0, 0.1) is 21.4 Å². The van der Waals surface area contributed by atoms with E-state index in [-0.39, 0.29) is 17.9 Å². The number of nitro groups is 1. The lowest BCUT2D eigenvalue weighted by molar-refractivity contribution is -0.385. The Morgan fingerprint density at radius 1 is 1.17 bits per heavy atom. The minimum absolute atomic E-state index is 0.195. The van der Waals surface area contributed by atoms with Gasteiger partial charge in [0.2, 0.25) is 5.75 Å². The van der Waals surface area contributed by atoms with Crippen molar-refractivity contribution in [1.82, 2.24) is 0 Å². The highest BCUT2D eigenvalue weighted by molar-refractivity contribution is 5.51. The van der Waals surface area contributed by atoms with E-state index >= 15 is 0 Å². The molecule has 0 amide bonds. The first kappa shape index (κ1) is 16.3. The SMILES string of the molecule is N#CCc1ccc(Oc2ccc(C(F)(F)F)cc2[N+](=O)[O-])cc1. The first-order valence-corrected chi connectivity index (χ1v) is 6.30. The molecule has 8 heteroatoms. The number of halogens is 3. The number of nitriles is 1. The van der Waals surface area contributed by atoms with Crippen molar-refractivity contribution >= 4 is 5.69 Å². The van der Waals surface area contributed by atoms with Crippen molar-refractivity contribution in [3.8, 4) is 17.6 Å². The minimum atomic E-state index is -4.68. The molecule has 0 heterocycles. The summed E-state index contributed by atoms with van der Waals surface area (Å²) < 4.78 is 43.1. The zero-order valence-corrected chi connectivity index (χ0v) is 11.5. The fourth-order valence-corrected chi connectivity index (χ4v) is 1.82. The quantitative estimate of drug-likeness (QED) is 0.614. The summed E-state index contributed by atoms with van der Waals surface area (Å²) >= 11 is 0. The van der Waals surface area contributed by atoms with Crippen LogP contribution >= 0.6 is 0 Å². The third-order valence-electron chi connectivity index (χ3n) is 2.92. The predicted molar refractivity (Wildman–Crippen MR) is 73.9 cm³/mol. The maximum atomic E-state index is 12.6. The number of nitro benzene ring substituents is 1. The van der Waals surface area contributed by atoms with Crippen LogP contribution in [0.2, 0.25) is 0 Å². The van der Waals surface area contributed by atoms with E-state index < -0.39 is 22.4 Å². The molecule has 0 radical (unpaired) electrons. The van der Waals surface area contributed by atoms with E-state index in [1.54, 1.807) is 12.1 Å². The smallest absolute Gasteiger partial charge is 0.416 e. The fourth-order valence-electron chi connectivity index (χ4n) is 1.82. The summed E-state index contributed by atoms with van der Waals surface area (Å²) in [6.45, 7) is 0. The van der Waals surface area contributed by atoms with Gasteiger partial charge in [-0.25, -0.2) is 0 Å². The maximum absolute atomic E-state index is 12.6. The van der Waals surface area contributed by atoms with Crippen LogP contribution in [0.25, 0.3) is 0 Å². The van der Waals surface area contributed by atoms with Gasteiger partial charge in [-0.3, -0.25) is 10.1 Å². The molecule has 0 saturated heterocycles. The minimum Gasteiger partial charge on any atom is -0.450 e. The Balaban J connectivity index is 2.32. The second kappa shape index (κ2) is 6.36. The van der Waals surface area contributed by atoms with Gasteiger partial charge in [0.25, 0.3) is 0 Å². The molecule has 23 heavy (non-hydrogen) atoms. The van der Waals surface area contributed by atoms with Crippen LogP contribution in [0.4, 0.5) is 18.9 Å². The third-order valence-corrected chi connectivity index (χ3v) is 2.92. The lowest BCUT2D eigenvalue weighted by atomic mass is 10.1. The molecule has 118 valence electrons. The van der Waals surface area contributed by atoms with Crippen LogP contribution in [-0.2, 0) is 12.6 Å². The first-order valence-electron chi connectivity index (χ1n) is 6.30. The van der Waals surface area contributed by atoms with Crippen LogP contribution in [-0.4, -0.2) is 4.92 Å². The molecule has 0 saturated carbocycles. The van der Waals surface area contributed by atoms with Gasteiger partial charge in [0.05, 0.1) is 23.0 Å². The second-order valence-electron chi connectivity index (χ2n) is 4.52. The molecule has 0 atom stereocenters. The fraction of sp³-hybridized carbons (Fsp3) is 0.133. The van der Waals surface area contributed by atoms with Gasteiger partial charge < -0.3 is 4.74 Å².